The number of aromatic nitrogens is 6. The van der Waals surface area contributed by atoms with E-state index in [0.29, 0.717) is 43.5 Å². The molecule has 1 aliphatic rings. The quantitative estimate of drug-likeness (QED) is 0.672. The molecule has 2 N–H and O–H groups in total. The predicted octanol–water partition coefficient (Wildman–Crippen LogP) is 0.294. The molecule has 0 unspecified atom stereocenters. The maximum atomic E-state index is 12.4. The lowest BCUT2D eigenvalue weighted by molar-refractivity contribution is -0.131. The van der Waals surface area contributed by atoms with Crippen LogP contribution in [0.5, 0.6) is 0 Å². The summed E-state index contributed by atoms with van der Waals surface area (Å²) < 4.78 is 0. The van der Waals surface area contributed by atoms with Crippen molar-refractivity contribution in [3.63, 3.8) is 0 Å². The normalized spacial score (nSPS) is 14.6. The van der Waals surface area contributed by atoms with Crippen LogP contribution in [0.4, 0.5) is 11.8 Å². The lowest BCUT2D eigenvalue weighted by Gasteiger charge is -2.34. The van der Waals surface area contributed by atoms with Gasteiger partial charge in [-0.3, -0.25) is 9.89 Å². The number of H-pyrrole nitrogens is 1. The molecule has 4 heterocycles. The number of rotatable bonds is 5. The summed E-state index contributed by atoms with van der Waals surface area (Å²) in [7, 11) is 0. The van der Waals surface area contributed by atoms with Crippen LogP contribution in [0.15, 0.2) is 31.0 Å². The van der Waals surface area contributed by atoms with Crippen molar-refractivity contribution in [1.82, 2.24) is 35.0 Å². The number of nitrogens with one attached hydrogen (secondary N) is 2. The van der Waals surface area contributed by atoms with Crippen LogP contribution in [0.3, 0.4) is 0 Å². The van der Waals surface area contributed by atoms with E-state index in [2.05, 4.69) is 40.3 Å². The number of carbonyl (C=O) groups is 1. The van der Waals surface area contributed by atoms with Gasteiger partial charge in [0.25, 0.3) is 0 Å². The maximum Gasteiger partial charge on any atom is 0.225 e. The van der Waals surface area contributed by atoms with Crippen molar-refractivity contribution < 1.29 is 4.79 Å². The Morgan fingerprint density at radius 3 is 2.73 bits per heavy atom. The second-order valence-corrected chi connectivity index (χ2v) is 5.95. The summed E-state index contributed by atoms with van der Waals surface area (Å²) in [5.41, 5.74) is 0.674. The van der Waals surface area contributed by atoms with Gasteiger partial charge in [-0.1, -0.05) is 0 Å². The summed E-state index contributed by atoms with van der Waals surface area (Å²) in [5, 5.41) is 10.8. The van der Waals surface area contributed by atoms with Crippen LogP contribution in [-0.2, 0) is 4.79 Å². The Kier molecular flexibility index (Phi) is 4.54. The molecule has 134 valence electrons. The average Bonchev–Trinajstić information content (AvgIpc) is 3.18. The van der Waals surface area contributed by atoms with E-state index in [1.165, 1.54) is 6.33 Å². The third-order valence-corrected chi connectivity index (χ3v) is 4.35. The maximum absolute atomic E-state index is 12.4. The van der Waals surface area contributed by atoms with E-state index in [1.807, 2.05) is 4.90 Å². The molecule has 3 aromatic heterocycles. The Labute approximate surface area is 149 Å². The number of fused-ring (bicyclic) bond motifs is 1. The second-order valence-electron chi connectivity index (χ2n) is 5.95. The SMILES string of the molecule is O=C(CCNc1ncnc2[nH]ncc12)N1CCN(c2ncccn2)CC1. The molecule has 4 rings (SSSR count). The molecule has 26 heavy (non-hydrogen) atoms. The van der Waals surface area contributed by atoms with E-state index in [1.54, 1.807) is 24.7 Å². The molecular formula is C16H19N9O. The van der Waals surface area contributed by atoms with Gasteiger partial charge in [-0.2, -0.15) is 5.10 Å². The van der Waals surface area contributed by atoms with Crippen molar-refractivity contribution in [2.75, 3.05) is 42.9 Å². The van der Waals surface area contributed by atoms with Gasteiger partial charge in [0.15, 0.2) is 5.65 Å². The molecule has 0 spiro atoms. The lowest BCUT2D eigenvalue weighted by atomic mass is 10.2. The zero-order valence-corrected chi connectivity index (χ0v) is 14.2. The minimum atomic E-state index is 0.128. The van der Waals surface area contributed by atoms with Crippen molar-refractivity contribution in [2.45, 2.75) is 6.42 Å². The lowest BCUT2D eigenvalue weighted by Crippen LogP contribution is -2.49. The topological polar surface area (TPSA) is 116 Å². The molecule has 1 saturated heterocycles. The Balaban J connectivity index is 1.26. The van der Waals surface area contributed by atoms with Crippen molar-refractivity contribution in [3.8, 4) is 0 Å². The molecule has 0 aromatic carbocycles. The first-order valence-electron chi connectivity index (χ1n) is 8.49. The van der Waals surface area contributed by atoms with Crippen LogP contribution in [0.25, 0.3) is 11.0 Å². The molecule has 0 saturated carbocycles. The molecule has 0 radical (unpaired) electrons. The first-order valence-corrected chi connectivity index (χ1v) is 8.49. The predicted molar refractivity (Wildman–Crippen MR) is 95.6 cm³/mol. The third-order valence-electron chi connectivity index (χ3n) is 4.35. The monoisotopic (exact) mass is 353 g/mol. The Morgan fingerprint density at radius 2 is 1.92 bits per heavy atom. The zero-order valence-electron chi connectivity index (χ0n) is 14.2. The molecule has 0 aliphatic carbocycles. The second kappa shape index (κ2) is 7.30. The van der Waals surface area contributed by atoms with Crippen LogP contribution >= 0.6 is 0 Å². The molecule has 0 bridgehead atoms. The fourth-order valence-corrected chi connectivity index (χ4v) is 2.96. The van der Waals surface area contributed by atoms with E-state index in [0.717, 1.165) is 18.5 Å². The van der Waals surface area contributed by atoms with Crippen molar-refractivity contribution >= 4 is 28.7 Å². The molecular weight excluding hydrogens is 334 g/mol. The molecule has 1 fully saturated rings. The van der Waals surface area contributed by atoms with Crippen LogP contribution in [-0.4, -0.2) is 73.7 Å². The van der Waals surface area contributed by atoms with E-state index in [9.17, 15) is 4.79 Å². The first kappa shape index (κ1) is 16.2. The standard InChI is InChI=1S/C16H19N9O/c26-13(2-5-17-14-12-10-22-23-15(12)21-11-20-14)24-6-8-25(9-7-24)16-18-3-1-4-19-16/h1,3-4,10-11H,2,5-9H2,(H2,17,20,21,22,23). The van der Waals surface area contributed by atoms with Gasteiger partial charge in [0.1, 0.15) is 12.1 Å². The average molecular weight is 353 g/mol. The van der Waals surface area contributed by atoms with E-state index >= 15 is 0 Å². The fourth-order valence-electron chi connectivity index (χ4n) is 2.96. The van der Waals surface area contributed by atoms with Crippen molar-refractivity contribution in [2.24, 2.45) is 0 Å². The summed E-state index contributed by atoms with van der Waals surface area (Å²) >= 11 is 0. The summed E-state index contributed by atoms with van der Waals surface area (Å²) in [4.78, 5) is 33.2. The summed E-state index contributed by atoms with van der Waals surface area (Å²) in [6, 6.07) is 1.80. The highest BCUT2D eigenvalue weighted by Crippen LogP contribution is 2.16. The number of aromatic amines is 1. The Morgan fingerprint density at radius 1 is 1.12 bits per heavy atom. The van der Waals surface area contributed by atoms with Gasteiger partial charge in [-0.25, -0.2) is 19.9 Å². The van der Waals surface area contributed by atoms with Gasteiger partial charge < -0.3 is 15.1 Å². The van der Waals surface area contributed by atoms with Gasteiger partial charge in [0.05, 0.1) is 11.6 Å². The van der Waals surface area contributed by atoms with Crippen LogP contribution in [0, 0.1) is 0 Å². The van der Waals surface area contributed by atoms with Crippen LogP contribution in [0.2, 0.25) is 0 Å². The van der Waals surface area contributed by atoms with Gasteiger partial charge in [-0.05, 0) is 6.07 Å². The Hall–Kier alpha value is -3.30. The van der Waals surface area contributed by atoms with Crippen molar-refractivity contribution in [1.29, 1.82) is 0 Å². The highest BCUT2D eigenvalue weighted by molar-refractivity contribution is 5.85. The minimum Gasteiger partial charge on any atom is -0.369 e. The minimum absolute atomic E-state index is 0.128. The molecule has 3 aromatic rings. The fraction of sp³-hybridized carbons (Fsp3) is 0.375. The number of piperazine rings is 1. The van der Waals surface area contributed by atoms with Crippen LogP contribution in [0.1, 0.15) is 6.42 Å². The smallest absolute Gasteiger partial charge is 0.225 e. The van der Waals surface area contributed by atoms with E-state index in [4.69, 9.17) is 0 Å². The van der Waals surface area contributed by atoms with Gasteiger partial charge in [0.2, 0.25) is 11.9 Å². The third kappa shape index (κ3) is 3.39. The number of carbonyl (C=O) groups excluding carboxylic acids is 1. The Bertz CT molecular complexity index is 874. The first-order chi connectivity index (χ1) is 12.8. The molecule has 0 atom stereocenters. The summed E-state index contributed by atoms with van der Waals surface area (Å²) in [6.45, 7) is 3.35. The number of hydrogen-bond donors (Lipinski definition) is 2. The highest BCUT2D eigenvalue weighted by Gasteiger charge is 2.22. The summed E-state index contributed by atoms with van der Waals surface area (Å²) in [6.07, 6.45) is 7.01. The molecule has 1 amide bonds. The van der Waals surface area contributed by atoms with Crippen molar-refractivity contribution in [3.05, 3.63) is 31.0 Å². The van der Waals surface area contributed by atoms with Gasteiger partial charge in [-0.15, -0.1) is 0 Å². The van der Waals surface area contributed by atoms with E-state index < -0.39 is 0 Å². The molecule has 1 aliphatic heterocycles. The molecule has 10 heteroatoms. The number of anilines is 2. The van der Waals surface area contributed by atoms with E-state index in [-0.39, 0.29) is 5.91 Å². The number of amides is 1. The molecule has 10 nitrogen and oxygen atoms in total. The van der Waals surface area contributed by atoms with Gasteiger partial charge >= 0.3 is 0 Å². The highest BCUT2D eigenvalue weighted by atomic mass is 16.2. The van der Waals surface area contributed by atoms with Crippen LogP contribution < -0.4 is 10.2 Å². The zero-order chi connectivity index (χ0) is 17.8. The summed E-state index contributed by atoms with van der Waals surface area (Å²) in [5.74, 6) is 1.53. The number of hydrogen-bond acceptors (Lipinski definition) is 8. The number of nitrogens with zero attached hydrogens (tertiary/aromatic N) is 7. The van der Waals surface area contributed by atoms with Gasteiger partial charge in [0, 0.05) is 51.5 Å². The largest absolute Gasteiger partial charge is 0.369 e.